The fraction of sp³-hybridized carbons (Fsp3) is 0.714. The maximum absolute atomic E-state index is 5.86. The Labute approximate surface area is 114 Å². The van der Waals surface area contributed by atoms with Crippen molar-refractivity contribution in [2.45, 2.75) is 38.6 Å². The second-order valence-electron chi connectivity index (χ2n) is 5.79. The Kier molecular flexibility index (Phi) is 3.55. The van der Waals surface area contributed by atoms with Gasteiger partial charge in [0, 0.05) is 38.7 Å². The number of aromatic nitrogens is 2. The molecule has 0 spiro atoms. The van der Waals surface area contributed by atoms with Gasteiger partial charge in [0.15, 0.2) is 0 Å². The van der Waals surface area contributed by atoms with Crippen LogP contribution in [0.4, 0.5) is 11.8 Å². The summed E-state index contributed by atoms with van der Waals surface area (Å²) >= 11 is 0. The van der Waals surface area contributed by atoms with Crippen molar-refractivity contribution in [2.75, 3.05) is 30.8 Å². The van der Waals surface area contributed by atoms with E-state index in [0.717, 1.165) is 43.5 Å². The Morgan fingerprint density at radius 1 is 1.32 bits per heavy atom. The largest absolute Gasteiger partial charge is 0.368 e. The van der Waals surface area contributed by atoms with Crippen LogP contribution in [0.3, 0.4) is 0 Å². The van der Waals surface area contributed by atoms with E-state index < -0.39 is 0 Å². The molecule has 1 saturated carbocycles. The van der Waals surface area contributed by atoms with Gasteiger partial charge in [0.2, 0.25) is 5.95 Å². The number of hydrogen-bond donors (Lipinski definition) is 2. The molecule has 1 aliphatic carbocycles. The van der Waals surface area contributed by atoms with E-state index in [1.165, 1.54) is 31.2 Å². The first-order chi connectivity index (χ1) is 9.24. The summed E-state index contributed by atoms with van der Waals surface area (Å²) in [5.41, 5.74) is 8.22. The molecule has 0 aromatic carbocycles. The second-order valence-corrected chi connectivity index (χ2v) is 5.79. The van der Waals surface area contributed by atoms with Crippen molar-refractivity contribution in [1.82, 2.24) is 15.3 Å². The third kappa shape index (κ3) is 2.66. The van der Waals surface area contributed by atoms with Crippen molar-refractivity contribution in [1.29, 1.82) is 0 Å². The van der Waals surface area contributed by atoms with Gasteiger partial charge in [-0.2, -0.15) is 4.98 Å². The Morgan fingerprint density at radius 2 is 2.11 bits per heavy atom. The average Bonchev–Trinajstić information content (AvgIpc) is 2.90. The molecular formula is C14H23N5. The van der Waals surface area contributed by atoms with Gasteiger partial charge in [0.1, 0.15) is 5.82 Å². The molecule has 19 heavy (non-hydrogen) atoms. The summed E-state index contributed by atoms with van der Waals surface area (Å²) in [6.45, 7) is 2.93. The Bertz CT molecular complexity index is 453. The monoisotopic (exact) mass is 261 g/mol. The average molecular weight is 261 g/mol. The lowest BCUT2D eigenvalue weighted by molar-refractivity contribution is 0.541. The maximum Gasteiger partial charge on any atom is 0.222 e. The van der Waals surface area contributed by atoms with Crippen LogP contribution in [0.1, 0.15) is 36.9 Å². The molecule has 2 aliphatic rings. The van der Waals surface area contributed by atoms with E-state index >= 15 is 0 Å². The number of hydrogen-bond acceptors (Lipinski definition) is 5. The molecule has 0 unspecified atom stereocenters. The van der Waals surface area contributed by atoms with Gasteiger partial charge >= 0.3 is 0 Å². The SMILES string of the molecule is CN(CC1CCCC1)c1nc(N)nc2c1CNCC2. The molecule has 1 aliphatic heterocycles. The van der Waals surface area contributed by atoms with Gasteiger partial charge in [-0.3, -0.25) is 0 Å². The van der Waals surface area contributed by atoms with Crippen LogP contribution in [0.2, 0.25) is 0 Å². The van der Waals surface area contributed by atoms with Crippen LogP contribution in [0.25, 0.3) is 0 Å². The molecule has 5 nitrogen and oxygen atoms in total. The molecule has 0 saturated heterocycles. The summed E-state index contributed by atoms with van der Waals surface area (Å²) in [5, 5.41) is 3.40. The minimum atomic E-state index is 0.411. The van der Waals surface area contributed by atoms with Gasteiger partial charge < -0.3 is 16.0 Å². The summed E-state index contributed by atoms with van der Waals surface area (Å²) in [6.07, 6.45) is 6.41. The third-order valence-corrected chi connectivity index (χ3v) is 4.30. The smallest absolute Gasteiger partial charge is 0.222 e. The molecule has 3 rings (SSSR count). The molecule has 0 amide bonds. The van der Waals surface area contributed by atoms with E-state index in [-0.39, 0.29) is 0 Å². The highest BCUT2D eigenvalue weighted by molar-refractivity contribution is 5.52. The molecular weight excluding hydrogens is 238 g/mol. The number of anilines is 2. The van der Waals surface area contributed by atoms with Crippen molar-refractivity contribution in [3.05, 3.63) is 11.3 Å². The van der Waals surface area contributed by atoms with Crippen LogP contribution in [0, 0.1) is 5.92 Å². The first-order valence-corrected chi connectivity index (χ1v) is 7.31. The van der Waals surface area contributed by atoms with Crippen molar-refractivity contribution >= 4 is 11.8 Å². The summed E-state index contributed by atoms with van der Waals surface area (Å²) in [6, 6.07) is 0. The molecule has 1 aromatic rings. The van der Waals surface area contributed by atoms with E-state index in [0.29, 0.717) is 5.95 Å². The fourth-order valence-electron chi connectivity index (χ4n) is 3.33. The van der Waals surface area contributed by atoms with Crippen LogP contribution in [-0.4, -0.2) is 30.1 Å². The van der Waals surface area contributed by atoms with E-state index in [1.54, 1.807) is 0 Å². The molecule has 0 atom stereocenters. The van der Waals surface area contributed by atoms with Crippen LogP contribution in [0.15, 0.2) is 0 Å². The summed E-state index contributed by atoms with van der Waals surface area (Å²) in [7, 11) is 2.13. The lowest BCUT2D eigenvalue weighted by Crippen LogP contribution is -2.31. The molecule has 1 aromatic heterocycles. The maximum atomic E-state index is 5.86. The highest BCUT2D eigenvalue weighted by Crippen LogP contribution is 2.29. The third-order valence-electron chi connectivity index (χ3n) is 4.30. The van der Waals surface area contributed by atoms with E-state index in [1.807, 2.05) is 0 Å². The number of nitrogens with zero attached hydrogens (tertiary/aromatic N) is 3. The highest BCUT2D eigenvalue weighted by Gasteiger charge is 2.22. The van der Waals surface area contributed by atoms with Crippen molar-refractivity contribution in [3.8, 4) is 0 Å². The lowest BCUT2D eigenvalue weighted by Gasteiger charge is -2.27. The van der Waals surface area contributed by atoms with Crippen LogP contribution >= 0.6 is 0 Å². The molecule has 3 N–H and O–H groups in total. The summed E-state index contributed by atoms with van der Waals surface area (Å²) < 4.78 is 0. The van der Waals surface area contributed by atoms with Gasteiger partial charge in [-0.25, -0.2) is 4.98 Å². The van der Waals surface area contributed by atoms with E-state index in [2.05, 4.69) is 27.2 Å². The highest BCUT2D eigenvalue weighted by atomic mass is 15.2. The van der Waals surface area contributed by atoms with Gasteiger partial charge in [0.25, 0.3) is 0 Å². The molecule has 0 radical (unpaired) electrons. The quantitative estimate of drug-likeness (QED) is 0.859. The van der Waals surface area contributed by atoms with E-state index in [4.69, 9.17) is 5.73 Å². The molecule has 2 heterocycles. The zero-order valence-electron chi connectivity index (χ0n) is 11.7. The van der Waals surface area contributed by atoms with Crippen LogP contribution in [-0.2, 0) is 13.0 Å². The number of fused-ring (bicyclic) bond motifs is 1. The molecule has 5 heteroatoms. The number of nitrogens with two attached hydrogens (primary N) is 1. The van der Waals surface area contributed by atoms with Crippen molar-refractivity contribution in [2.24, 2.45) is 5.92 Å². The molecule has 104 valence electrons. The number of nitrogens with one attached hydrogen (secondary N) is 1. The van der Waals surface area contributed by atoms with Gasteiger partial charge in [-0.1, -0.05) is 12.8 Å². The molecule has 1 fully saturated rings. The van der Waals surface area contributed by atoms with Crippen molar-refractivity contribution in [3.63, 3.8) is 0 Å². The van der Waals surface area contributed by atoms with E-state index in [9.17, 15) is 0 Å². The van der Waals surface area contributed by atoms with Crippen molar-refractivity contribution < 1.29 is 0 Å². The van der Waals surface area contributed by atoms with Gasteiger partial charge in [-0.15, -0.1) is 0 Å². The van der Waals surface area contributed by atoms with Crippen LogP contribution < -0.4 is 16.0 Å². The second kappa shape index (κ2) is 5.33. The predicted molar refractivity (Wildman–Crippen MR) is 77.1 cm³/mol. The minimum Gasteiger partial charge on any atom is -0.368 e. The first-order valence-electron chi connectivity index (χ1n) is 7.31. The lowest BCUT2D eigenvalue weighted by atomic mass is 10.1. The minimum absolute atomic E-state index is 0.411. The Hall–Kier alpha value is -1.36. The normalized spacial score (nSPS) is 19.4. The standard InChI is InChI=1S/C14H23N5/c1-19(9-10-4-2-3-5-10)13-11-8-16-7-6-12(11)17-14(15)18-13/h10,16H,2-9H2,1H3,(H2,15,17,18). The number of rotatable bonds is 3. The van der Waals surface area contributed by atoms with Crippen LogP contribution in [0.5, 0.6) is 0 Å². The zero-order valence-corrected chi connectivity index (χ0v) is 11.7. The Morgan fingerprint density at radius 3 is 2.89 bits per heavy atom. The first kappa shape index (κ1) is 12.7. The fourth-order valence-corrected chi connectivity index (χ4v) is 3.33. The molecule has 0 bridgehead atoms. The topological polar surface area (TPSA) is 67.1 Å². The summed E-state index contributed by atoms with van der Waals surface area (Å²) in [4.78, 5) is 11.1. The Balaban J connectivity index is 1.83. The summed E-state index contributed by atoms with van der Waals surface area (Å²) in [5.74, 6) is 2.25. The van der Waals surface area contributed by atoms with Gasteiger partial charge in [0.05, 0.1) is 5.69 Å². The number of nitrogen functional groups attached to an aromatic ring is 1. The van der Waals surface area contributed by atoms with Gasteiger partial charge in [-0.05, 0) is 18.8 Å². The zero-order chi connectivity index (χ0) is 13.2. The predicted octanol–water partition coefficient (Wildman–Crippen LogP) is 1.33.